The van der Waals surface area contributed by atoms with Crippen LogP contribution in [0.4, 0.5) is 26.3 Å². The summed E-state index contributed by atoms with van der Waals surface area (Å²) in [6.45, 7) is -1.34. The number of alkyl halides is 6. The van der Waals surface area contributed by atoms with Gasteiger partial charge in [0.2, 0.25) is 0 Å². The molecule has 19 heavy (non-hydrogen) atoms. The van der Waals surface area contributed by atoms with Crippen LogP contribution in [0.1, 0.15) is 6.42 Å². The van der Waals surface area contributed by atoms with E-state index in [2.05, 4.69) is 19.5 Å². The van der Waals surface area contributed by atoms with Gasteiger partial charge in [-0.3, -0.25) is 0 Å². The van der Waals surface area contributed by atoms with Gasteiger partial charge >= 0.3 is 12.4 Å². The Morgan fingerprint density at radius 3 is 1.47 bits per heavy atom. The Bertz CT molecular complexity index is 376. The third-order valence-corrected chi connectivity index (χ3v) is 2.47. The van der Waals surface area contributed by atoms with Gasteiger partial charge in [0.25, 0.3) is 0 Å². The lowest BCUT2D eigenvalue weighted by Crippen LogP contribution is -2.27. The van der Waals surface area contributed by atoms with E-state index in [0.717, 1.165) is 0 Å². The van der Waals surface area contributed by atoms with Crippen LogP contribution in [0, 0.1) is 0 Å². The van der Waals surface area contributed by atoms with Gasteiger partial charge in [-0.2, -0.15) is 26.3 Å². The smallest absolute Gasteiger partial charge is 0.414 e. The van der Waals surface area contributed by atoms with Crippen LogP contribution >= 0.6 is 0 Å². The molecule has 0 spiro atoms. The molecule has 0 aromatic rings. The predicted octanol–water partition coefficient (Wildman–Crippen LogP) is 2.10. The molecule has 0 saturated heterocycles. The molecular weight excluding hydrogens is 282 g/mol. The highest BCUT2D eigenvalue weighted by molar-refractivity contribution is 5.98. The Morgan fingerprint density at radius 1 is 0.842 bits per heavy atom. The van der Waals surface area contributed by atoms with E-state index in [1.165, 1.54) is 0 Å². The maximum atomic E-state index is 12.3. The van der Waals surface area contributed by atoms with Crippen molar-refractivity contribution in [1.82, 2.24) is 0 Å². The van der Waals surface area contributed by atoms with Crippen molar-refractivity contribution in [3.63, 3.8) is 0 Å². The van der Waals surface area contributed by atoms with Gasteiger partial charge in [0, 0.05) is 0 Å². The number of ether oxygens (including phenoxy) is 2. The molecule has 0 aromatic heterocycles. The molecule has 0 bridgehead atoms. The molecule has 4 nitrogen and oxygen atoms in total. The minimum atomic E-state index is -4.53. The Labute approximate surface area is 103 Å². The van der Waals surface area contributed by atoms with E-state index in [0.29, 0.717) is 0 Å². The Balaban J connectivity index is 1.97. The summed E-state index contributed by atoms with van der Waals surface area (Å²) in [7, 11) is 0. The average molecular weight is 290 g/mol. The van der Waals surface area contributed by atoms with Crippen molar-refractivity contribution in [3.8, 4) is 0 Å². The van der Waals surface area contributed by atoms with Gasteiger partial charge in [-0.15, -0.1) is 0 Å². The molecule has 10 heteroatoms. The molecule has 0 saturated carbocycles. The standard InChI is InChI=1S/C9H8F6N2O2/c10-8(11,12)4-2-18-6(16-4)1-7-17-5(3-19-7)9(13,14)15/h4-5H,1-3H2/t4-,5-/m0/s1. The van der Waals surface area contributed by atoms with E-state index in [4.69, 9.17) is 0 Å². The second-order valence-electron chi connectivity index (χ2n) is 3.96. The van der Waals surface area contributed by atoms with E-state index in [9.17, 15) is 26.3 Å². The molecule has 0 aliphatic carbocycles. The molecule has 0 aromatic carbocycles. The highest BCUT2D eigenvalue weighted by atomic mass is 19.4. The van der Waals surface area contributed by atoms with E-state index < -0.39 is 44.1 Å². The van der Waals surface area contributed by atoms with E-state index in [1.54, 1.807) is 0 Å². The van der Waals surface area contributed by atoms with Crippen molar-refractivity contribution >= 4 is 11.8 Å². The number of hydrogen-bond donors (Lipinski definition) is 0. The lowest BCUT2D eigenvalue weighted by atomic mass is 10.3. The van der Waals surface area contributed by atoms with Crippen molar-refractivity contribution in [2.75, 3.05) is 13.2 Å². The Kier molecular flexibility index (Phi) is 3.35. The van der Waals surface area contributed by atoms with Crippen LogP contribution in [-0.2, 0) is 9.47 Å². The van der Waals surface area contributed by atoms with Gasteiger partial charge < -0.3 is 9.47 Å². The summed E-state index contributed by atoms with van der Waals surface area (Å²) < 4.78 is 82.9. The van der Waals surface area contributed by atoms with Crippen molar-refractivity contribution < 1.29 is 35.8 Å². The van der Waals surface area contributed by atoms with Crippen molar-refractivity contribution in [2.24, 2.45) is 9.98 Å². The first-order valence-corrected chi connectivity index (χ1v) is 5.18. The number of halogens is 6. The molecule has 2 atom stereocenters. The molecule has 0 amide bonds. The minimum Gasteiger partial charge on any atom is -0.478 e. The van der Waals surface area contributed by atoms with Crippen LogP contribution in [0.3, 0.4) is 0 Å². The van der Waals surface area contributed by atoms with Gasteiger partial charge in [-0.05, 0) is 0 Å². The molecule has 0 unspecified atom stereocenters. The minimum absolute atomic E-state index is 0.316. The normalized spacial score (nSPS) is 27.7. The third kappa shape index (κ3) is 3.29. The zero-order valence-electron chi connectivity index (χ0n) is 9.25. The summed E-state index contributed by atoms with van der Waals surface area (Å²) in [6, 6.07) is -3.97. The molecular formula is C9H8F6N2O2. The molecule has 2 aliphatic heterocycles. The monoisotopic (exact) mass is 290 g/mol. The van der Waals surface area contributed by atoms with E-state index in [-0.39, 0.29) is 11.8 Å². The summed E-state index contributed by atoms with van der Waals surface area (Å²) in [5, 5.41) is 0. The maximum Gasteiger partial charge on any atom is 0.414 e. The second kappa shape index (κ2) is 4.57. The topological polar surface area (TPSA) is 43.2 Å². The zero-order valence-corrected chi connectivity index (χ0v) is 9.25. The number of rotatable bonds is 2. The molecule has 108 valence electrons. The lowest BCUT2D eigenvalue weighted by Gasteiger charge is -2.08. The summed E-state index contributed by atoms with van der Waals surface area (Å²) in [4.78, 5) is 6.47. The first kappa shape index (κ1) is 13.9. The molecule has 0 N–H and O–H groups in total. The third-order valence-electron chi connectivity index (χ3n) is 2.47. The van der Waals surface area contributed by atoms with Crippen molar-refractivity contribution in [3.05, 3.63) is 0 Å². The fraction of sp³-hybridized carbons (Fsp3) is 0.778. The van der Waals surface area contributed by atoms with E-state index >= 15 is 0 Å². The van der Waals surface area contributed by atoms with Gasteiger partial charge in [-0.25, -0.2) is 9.98 Å². The highest BCUT2D eigenvalue weighted by Crippen LogP contribution is 2.29. The lowest BCUT2D eigenvalue weighted by molar-refractivity contribution is -0.149. The summed E-state index contributed by atoms with van der Waals surface area (Å²) in [5.41, 5.74) is 0. The molecule has 2 heterocycles. The van der Waals surface area contributed by atoms with Crippen LogP contribution < -0.4 is 0 Å². The first-order chi connectivity index (χ1) is 8.66. The van der Waals surface area contributed by atoms with Crippen LogP contribution in [-0.4, -0.2) is 49.4 Å². The fourth-order valence-electron chi connectivity index (χ4n) is 1.51. The number of nitrogens with zero attached hydrogens (tertiary/aromatic N) is 2. The molecule has 2 aliphatic rings. The quantitative estimate of drug-likeness (QED) is 0.731. The molecule has 0 radical (unpaired) electrons. The molecule has 0 fully saturated rings. The van der Waals surface area contributed by atoms with Crippen LogP contribution in [0.2, 0.25) is 0 Å². The molecule has 2 rings (SSSR count). The second-order valence-corrected chi connectivity index (χ2v) is 3.96. The van der Waals surface area contributed by atoms with Gasteiger partial charge in [-0.1, -0.05) is 0 Å². The Morgan fingerprint density at radius 2 is 1.21 bits per heavy atom. The van der Waals surface area contributed by atoms with Gasteiger partial charge in [0.05, 0.1) is 6.42 Å². The summed E-state index contributed by atoms with van der Waals surface area (Å²) in [5.74, 6) is -0.632. The van der Waals surface area contributed by atoms with Crippen molar-refractivity contribution in [2.45, 2.75) is 30.9 Å². The SMILES string of the molecule is FC(F)(F)[C@@H]1COC(CC2=N[C@H](C(F)(F)F)CO2)=N1. The van der Waals surface area contributed by atoms with E-state index in [1.807, 2.05) is 0 Å². The largest absolute Gasteiger partial charge is 0.478 e. The summed E-state index contributed by atoms with van der Waals surface area (Å²) in [6.07, 6.45) is -9.47. The van der Waals surface area contributed by atoms with Crippen molar-refractivity contribution in [1.29, 1.82) is 0 Å². The van der Waals surface area contributed by atoms with Gasteiger partial charge in [0.15, 0.2) is 23.9 Å². The zero-order chi connectivity index (χ0) is 14.3. The Hall–Kier alpha value is -1.48. The number of hydrogen-bond acceptors (Lipinski definition) is 4. The summed E-state index contributed by atoms with van der Waals surface area (Å²) >= 11 is 0. The maximum absolute atomic E-state index is 12.3. The van der Waals surface area contributed by atoms with Crippen LogP contribution in [0.25, 0.3) is 0 Å². The van der Waals surface area contributed by atoms with Crippen LogP contribution in [0.5, 0.6) is 0 Å². The first-order valence-electron chi connectivity index (χ1n) is 5.18. The predicted molar refractivity (Wildman–Crippen MR) is 51.1 cm³/mol. The highest BCUT2D eigenvalue weighted by Gasteiger charge is 2.45. The van der Waals surface area contributed by atoms with Gasteiger partial charge in [0.1, 0.15) is 13.2 Å². The fourth-order valence-corrected chi connectivity index (χ4v) is 1.51. The van der Waals surface area contributed by atoms with Crippen LogP contribution in [0.15, 0.2) is 9.98 Å². The number of aliphatic imine (C=N–C) groups is 2. The average Bonchev–Trinajstić information content (AvgIpc) is 2.84.